The van der Waals surface area contributed by atoms with Gasteiger partial charge in [-0.2, -0.15) is 0 Å². The molecule has 15 heavy (non-hydrogen) atoms. The summed E-state index contributed by atoms with van der Waals surface area (Å²) < 4.78 is 17.8. The van der Waals surface area contributed by atoms with E-state index in [-0.39, 0.29) is 12.4 Å². The highest BCUT2D eigenvalue weighted by Gasteiger charge is 2.05. The Kier molecular flexibility index (Phi) is 2.78. The Balaban J connectivity index is 2.25. The van der Waals surface area contributed by atoms with Gasteiger partial charge in [-0.05, 0) is 24.3 Å². The van der Waals surface area contributed by atoms with Crippen molar-refractivity contribution in [1.82, 2.24) is 4.98 Å². The summed E-state index contributed by atoms with van der Waals surface area (Å²) in [7, 11) is 0. The minimum atomic E-state index is -0.291. The third-order valence-corrected chi connectivity index (χ3v) is 2.01. The SMILES string of the molecule is OCCc1coc(-c2ccc(F)cc2)n1. The number of aliphatic hydroxyl groups excluding tert-OH is 1. The molecule has 1 heterocycles. The molecular formula is C11H10FNO2. The largest absolute Gasteiger partial charge is 0.444 e. The van der Waals surface area contributed by atoms with Gasteiger partial charge in [-0.3, -0.25) is 0 Å². The van der Waals surface area contributed by atoms with Crippen LogP contribution in [0.1, 0.15) is 5.69 Å². The molecule has 0 saturated heterocycles. The van der Waals surface area contributed by atoms with Gasteiger partial charge in [0.1, 0.15) is 12.1 Å². The van der Waals surface area contributed by atoms with E-state index in [0.29, 0.717) is 18.0 Å². The minimum Gasteiger partial charge on any atom is -0.444 e. The average molecular weight is 207 g/mol. The summed E-state index contributed by atoms with van der Waals surface area (Å²) in [6.07, 6.45) is 1.96. The van der Waals surface area contributed by atoms with Crippen LogP contribution < -0.4 is 0 Å². The van der Waals surface area contributed by atoms with Crippen LogP contribution in [0.5, 0.6) is 0 Å². The van der Waals surface area contributed by atoms with Gasteiger partial charge in [0.2, 0.25) is 5.89 Å². The fraction of sp³-hybridized carbons (Fsp3) is 0.182. The lowest BCUT2D eigenvalue weighted by molar-refractivity contribution is 0.298. The molecule has 78 valence electrons. The van der Waals surface area contributed by atoms with Gasteiger partial charge < -0.3 is 9.52 Å². The van der Waals surface area contributed by atoms with Crippen LogP contribution in [-0.2, 0) is 6.42 Å². The number of halogens is 1. The number of nitrogens with zero attached hydrogens (tertiary/aromatic N) is 1. The normalized spacial score (nSPS) is 10.5. The molecular weight excluding hydrogens is 197 g/mol. The van der Waals surface area contributed by atoms with E-state index in [4.69, 9.17) is 9.52 Å². The fourth-order valence-corrected chi connectivity index (χ4v) is 1.26. The first-order valence-electron chi connectivity index (χ1n) is 4.61. The summed E-state index contributed by atoms with van der Waals surface area (Å²) in [5.41, 5.74) is 1.41. The molecule has 0 aliphatic carbocycles. The molecule has 0 aliphatic heterocycles. The van der Waals surface area contributed by atoms with Gasteiger partial charge in [-0.25, -0.2) is 9.37 Å². The van der Waals surface area contributed by atoms with Crippen LogP contribution >= 0.6 is 0 Å². The Morgan fingerprint density at radius 3 is 2.67 bits per heavy atom. The monoisotopic (exact) mass is 207 g/mol. The van der Waals surface area contributed by atoms with Crippen LogP contribution in [0.3, 0.4) is 0 Å². The van der Waals surface area contributed by atoms with Crippen LogP contribution in [0.15, 0.2) is 34.9 Å². The maximum absolute atomic E-state index is 12.6. The molecule has 2 aromatic rings. The van der Waals surface area contributed by atoms with Crippen LogP contribution in [0.4, 0.5) is 4.39 Å². The van der Waals surface area contributed by atoms with Crippen molar-refractivity contribution in [3.63, 3.8) is 0 Å². The van der Waals surface area contributed by atoms with Crippen molar-refractivity contribution >= 4 is 0 Å². The lowest BCUT2D eigenvalue weighted by atomic mass is 10.2. The molecule has 0 aliphatic rings. The van der Waals surface area contributed by atoms with Crippen molar-refractivity contribution in [3.8, 4) is 11.5 Å². The highest BCUT2D eigenvalue weighted by Crippen LogP contribution is 2.18. The Hall–Kier alpha value is -1.68. The van der Waals surface area contributed by atoms with E-state index in [1.165, 1.54) is 18.4 Å². The quantitative estimate of drug-likeness (QED) is 0.837. The summed E-state index contributed by atoms with van der Waals surface area (Å²) in [5.74, 6) is 0.152. The molecule has 0 unspecified atom stereocenters. The number of aliphatic hydroxyl groups is 1. The van der Waals surface area contributed by atoms with Gasteiger partial charge in [0.15, 0.2) is 0 Å². The highest BCUT2D eigenvalue weighted by molar-refractivity contribution is 5.52. The topological polar surface area (TPSA) is 46.3 Å². The van der Waals surface area contributed by atoms with Crippen molar-refractivity contribution in [3.05, 3.63) is 42.0 Å². The predicted molar refractivity (Wildman–Crippen MR) is 52.7 cm³/mol. The minimum absolute atomic E-state index is 0.0371. The van der Waals surface area contributed by atoms with Crippen LogP contribution in [0, 0.1) is 5.82 Å². The number of aromatic nitrogens is 1. The number of rotatable bonds is 3. The summed E-state index contributed by atoms with van der Waals surface area (Å²) in [6, 6.07) is 5.91. The molecule has 0 bridgehead atoms. The maximum atomic E-state index is 12.6. The third kappa shape index (κ3) is 2.22. The predicted octanol–water partition coefficient (Wildman–Crippen LogP) is 2.02. The molecule has 1 N–H and O–H groups in total. The highest BCUT2D eigenvalue weighted by atomic mass is 19.1. The molecule has 2 rings (SSSR count). The van der Waals surface area contributed by atoms with E-state index in [9.17, 15) is 4.39 Å². The summed E-state index contributed by atoms with van der Waals surface area (Å²) in [6.45, 7) is 0.0371. The second kappa shape index (κ2) is 4.23. The summed E-state index contributed by atoms with van der Waals surface area (Å²) >= 11 is 0. The standard InChI is InChI=1S/C11H10FNO2/c12-9-3-1-8(2-4-9)11-13-10(5-6-14)7-15-11/h1-4,7,14H,5-6H2. The zero-order valence-corrected chi connectivity index (χ0v) is 7.98. The van der Waals surface area contributed by atoms with Crippen molar-refractivity contribution in [2.45, 2.75) is 6.42 Å². The molecule has 4 heteroatoms. The molecule has 1 aromatic carbocycles. The zero-order valence-electron chi connectivity index (χ0n) is 7.98. The van der Waals surface area contributed by atoms with Crippen molar-refractivity contribution in [2.75, 3.05) is 6.61 Å². The van der Waals surface area contributed by atoms with E-state index in [1.807, 2.05) is 0 Å². The first-order valence-corrected chi connectivity index (χ1v) is 4.61. The van der Waals surface area contributed by atoms with Gasteiger partial charge >= 0.3 is 0 Å². The Morgan fingerprint density at radius 2 is 2.00 bits per heavy atom. The van der Waals surface area contributed by atoms with E-state index in [1.54, 1.807) is 12.1 Å². The second-order valence-corrected chi connectivity index (χ2v) is 3.12. The Labute approximate surface area is 86.2 Å². The fourth-order valence-electron chi connectivity index (χ4n) is 1.26. The summed E-state index contributed by atoms with van der Waals surface area (Å²) in [4.78, 5) is 4.15. The van der Waals surface area contributed by atoms with E-state index in [2.05, 4.69) is 4.98 Å². The zero-order chi connectivity index (χ0) is 10.7. The van der Waals surface area contributed by atoms with E-state index in [0.717, 1.165) is 5.56 Å². The Morgan fingerprint density at radius 1 is 1.27 bits per heavy atom. The van der Waals surface area contributed by atoms with E-state index >= 15 is 0 Å². The van der Waals surface area contributed by atoms with Crippen molar-refractivity contribution in [2.24, 2.45) is 0 Å². The number of oxazole rings is 1. The van der Waals surface area contributed by atoms with Gasteiger partial charge in [0, 0.05) is 18.6 Å². The van der Waals surface area contributed by atoms with Crippen molar-refractivity contribution < 1.29 is 13.9 Å². The van der Waals surface area contributed by atoms with E-state index < -0.39 is 0 Å². The first-order chi connectivity index (χ1) is 7.29. The van der Waals surface area contributed by atoms with Crippen molar-refractivity contribution in [1.29, 1.82) is 0 Å². The van der Waals surface area contributed by atoms with Crippen LogP contribution in [-0.4, -0.2) is 16.7 Å². The van der Waals surface area contributed by atoms with Crippen LogP contribution in [0.25, 0.3) is 11.5 Å². The van der Waals surface area contributed by atoms with Gasteiger partial charge in [0.25, 0.3) is 0 Å². The molecule has 0 fully saturated rings. The molecule has 0 amide bonds. The lowest BCUT2D eigenvalue weighted by Crippen LogP contribution is -1.90. The third-order valence-electron chi connectivity index (χ3n) is 2.01. The lowest BCUT2D eigenvalue weighted by Gasteiger charge is -1.93. The number of benzene rings is 1. The van der Waals surface area contributed by atoms with Gasteiger partial charge in [0.05, 0.1) is 5.69 Å². The molecule has 3 nitrogen and oxygen atoms in total. The number of hydrogen-bond acceptors (Lipinski definition) is 3. The molecule has 1 aromatic heterocycles. The molecule has 0 saturated carbocycles. The summed E-state index contributed by atoms with van der Waals surface area (Å²) in [5, 5.41) is 8.70. The maximum Gasteiger partial charge on any atom is 0.226 e. The van der Waals surface area contributed by atoms with Gasteiger partial charge in [-0.1, -0.05) is 0 Å². The van der Waals surface area contributed by atoms with Crippen LogP contribution in [0.2, 0.25) is 0 Å². The molecule has 0 atom stereocenters. The Bertz CT molecular complexity index is 436. The number of hydrogen-bond donors (Lipinski definition) is 1. The molecule has 0 radical (unpaired) electrons. The van der Waals surface area contributed by atoms with Gasteiger partial charge in [-0.15, -0.1) is 0 Å². The first kappa shape index (κ1) is 9.86. The molecule has 0 spiro atoms. The average Bonchev–Trinajstić information content (AvgIpc) is 2.68. The second-order valence-electron chi connectivity index (χ2n) is 3.12. The smallest absolute Gasteiger partial charge is 0.226 e.